The van der Waals surface area contributed by atoms with Crippen LogP contribution in [0, 0.1) is 0 Å². The number of hydrogen-bond acceptors (Lipinski definition) is 3. The molecule has 3 N–H and O–H groups in total. The zero-order chi connectivity index (χ0) is 15.7. The topological polar surface area (TPSA) is 72.6 Å². The van der Waals surface area contributed by atoms with Crippen molar-refractivity contribution in [2.45, 2.75) is 37.3 Å². The number of ether oxygens (including phenoxy) is 1. The Morgan fingerprint density at radius 1 is 1.33 bits per heavy atom. The summed E-state index contributed by atoms with van der Waals surface area (Å²) in [5.74, 6) is -1.09. The standard InChI is InChI=1S/C14H16F3NO3/c15-14(16,17)8-21-11-7-9(3-4-10(11)18)13(12(19)20)5-1-2-6-13/h3-4,7H,1-2,5-6,8,18H2,(H,19,20). The predicted octanol–water partition coefficient (Wildman–Crippen LogP) is 3.11. The minimum absolute atomic E-state index is 0.0570. The van der Waals surface area contributed by atoms with Crippen molar-refractivity contribution in [3.05, 3.63) is 23.8 Å². The molecule has 7 heteroatoms. The molecule has 1 saturated carbocycles. The number of aliphatic carboxylic acids is 1. The maximum atomic E-state index is 12.2. The molecule has 1 fully saturated rings. The van der Waals surface area contributed by atoms with Gasteiger partial charge in [-0.1, -0.05) is 18.9 Å². The lowest BCUT2D eigenvalue weighted by molar-refractivity contribution is -0.153. The maximum Gasteiger partial charge on any atom is 0.422 e. The number of hydrogen-bond donors (Lipinski definition) is 2. The minimum Gasteiger partial charge on any atom is -0.482 e. The van der Waals surface area contributed by atoms with Gasteiger partial charge in [-0.25, -0.2) is 0 Å². The molecule has 1 aliphatic carbocycles. The van der Waals surface area contributed by atoms with E-state index >= 15 is 0 Å². The maximum absolute atomic E-state index is 12.2. The molecule has 116 valence electrons. The van der Waals surface area contributed by atoms with Crippen LogP contribution in [0.5, 0.6) is 5.75 Å². The second kappa shape index (κ2) is 5.46. The van der Waals surface area contributed by atoms with Crippen LogP contribution in [-0.2, 0) is 10.2 Å². The van der Waals surface area contributed by atoms with Gasteiger partial charge in [0.2, 0.25) is 0 Å². The molecule has 0 atom stereocenters. The molecule has 4 nitrogen and oxygen atoms in total. The van der Waals surface area contributed by atoms with Crippen LogP contribution in [0.3, 0.4) is 0 Å². The van der Waals surface area contributed by atoms with Crippen molar-refractivity contribution in [1.29, 1.82) is 0 Å². The molecule has 0 aromatic heterocycles. The number of carbonyl (C=O) groups is 1. The van der Waals surface area contributed by atoms with Gasteiger partial charge in [-0.2, -0.15) is 13.2 Å². The van der Waals surface area contributed by atoms with E-state index in [2.05, 4.69) is 4.74 Å². The number of alkyl halides is 3. The molecule has 2 rings (SSSR count). The highest BCUT2D eigenvalue weighted by Gasteiger charge is 2.43. The van der Waals surface area contributed by atoms with Gasteiger partial charge >= 0.3 is 12.1 Å². The van der Waals surface area contributed by atoms with Crippen molar-refractivity contribution in [2.75, 3.05) is 12.3 Å². The fourth-order valence-electron chi connectivity index (χ4n) is 2.72. The van der Waals surface area contributed by atoms with E-state index in [4.69, 9.17) is 5.73 Å². The average Bonchev–Trinajstić information content (AvgIpc) is 2.87. The molecule has 21 heavy (non-hydrogen) atoms. The minimum atomic E-state index is -4.47. The lowest BCUT2D eigenvalue weighted by Crippen LogP contribution is -2.32. The summed E-state index contributed by atoms with van der Waals surface area (Å²) in [4.78, 5) is 11.6. The van der Waals surface area contributed by atoms with E-state index in [9.17, 15) is 23.1 Å². The van der Waals surface area contributed by atoms with Crippen LogP contribution in [0.4, 0.5) is 18.9 Å². The van der Waals surface area contributed by atoms with Crippen molar-refractivity contribution in [3.63, 3.8) is 0 Å². The van der Waals surface area contributed by atoms with E-state index in [0.29, 0.717) is 18.4 Å². The summed E-state index contributed by atoms with van der Waals surface area (Å²) in [6.07, 6.45) is -2.00. The van der Waals surface area contributed by atoms with E-state index in [1.54, 1.807) is 6.07 Å². The number of rotatable bonds is 4. The van der Waals surface area contributed by atoms with Gasteiger partial charge in [0.25, 0.3) is 0 Å². The zero-order valence-electron chi connectivity index (χ0n) is 11.2. The zero-order valence-corrected chi connectivity index (χ0v) is 11.2. The van der Waals surface area contributed by atoms with Crippen LogP contribution in [0.2, 0.25) is 0 Å². The second-order valence-corrected chi connectivity index (χ2v) is 5.25. The summed E-state index contributed by atoms with van der Waals surface area (Å²) in [6.45, 7) is -1.46. The van der Waals surface area contributed by atoms with Crippen LogP contribution in [0.15, 0.2) is 18.2 Å². The van der Waals surface area contributed by atoms with E-state index in [0.717, 1.165) is 12.8 Å². The molecular weight excluding hydrogens is 287 g/mol. The summed E-state index contributed by atoms with van der Waals surface area (Å²) < 4.78 is 41.3. The van der Waals surface area contributed by atoms with Crippen LogP contribution in [0.25, 0.3) is 0 Å². The summed E-state index contributed by atoms with van der Waals surface area (Å²) in [6, 6.07) is 4.26. The smallest absolute Gasteiger partial charge is 0.422 e. The first-order valence-electron chi connectivity index (χ1n) is 6.57. The third-order valence-corrected chi connectivity index (χ3v) is 3.82. The van der Waals surface area contributed by atoms with Gasteiger partial charge in [0.05, 0.1) is 11.1 Å². The first-order valence-corrected chi connectivity index (χ1v) is 6.57. The highest BCUT2D eigenvalue weighted by atomic mass is 19.4. The van der Waals surface area contributed by atoms with Gasteiger partial charge < -0.3 is 15.6 Å². The summed E-state index contributed by atoms with van der Waals surface area (Å²) in [7, 11) is 0. The largest absolute Gasteiger partial charge is 0.482 e. The fraction of sp³-hybridized carbons (Fsp3) is 0.500. The Hall–Kier alpha value is -1.92. The van der Waals surface area contributed by atoms with Gasteiger partial charge in [-0.3, -0.25) is 4.79 Å². The van der Waals surface area contributed by atoms with E-state index in [-0.39, 0.29) is 11.4 Å². The van der Waals surface area contributed by atoms with Crippen molar-refractivity contribution < 1.29 is 27.8 Å². The Bertz CT molecular complexity index is 537. The summed E-state index contributed by atoms with van der Waals surface area (Å²) >= 11 is 0. The Morgan fingerprint density at radius 2 is 1.95 bits per heavy atom. The molecule has 1 aromatic rings. The molecule has 0 unspecified atom stereocenters. The first-order chi connectivity index (χ1) is 9.74. The number of benzene rings is 1. The molecule has 0 radical (unpaired) electrons. The van der Waals surface area contributed by atoms with Crippen LogP contribution >= 0.6 is 0 Å². The highest BCUT2D eigenvalue weighted by molar-refractivity contribution is 5.82. The van der Waals surface area contributed by atoms with Crippen LogP contribution < -0.4 is 10.5 Å². The second-order valence-electron chi connectivity index (χ2n) is 5.25. The summed E-state index contributed by atoms with van der Waals surface area (Å²) in [5, 5.41) is 9.48. The average molecular weight is 303 g/mol. The molecule has 1 aliphatic rings. The number of anilines is 1. The van der Waals surface area contributed by atoms with E-state index in [1.165, 1.54) is 12.1 Å². The van der Waals surface area contributed by atoms with E-state index in [1.807, 2.05) is 0 Å². The molecule has 0 saturated heterocycles. The van der Waals surface area contributed by atoms with Gasteiger partial charge in [-0.05, 0) is 30.5 Å². The van der Waals surface area contributed by atoms with Gasteiger partial charge in [-0.15, -0.1) is 0 Å². The quantitative estimate of drug-likeness (QED) is 0.838. The highest BCUT2D eigenvalue weighted by Crippen LogP contribution is 2.43. The molecular formula is C14H16F3NO3. The predicted molar refractivity (Wildman–Crippen MR) is 70.2 cm³/mol. The normalized spacial score (nSPS) is 17.7. The fourth-order valence-corrected chi connectivity index (χ4v) is 2.72. The third-order valence-electron chi connectivity index (χ3n) is 3.82. The lowest BCUT2D eigenvalue weighted by atomic mass is 9.79. The molecule has 0 bridgehead atoms. The number of carboxylic acids is 1. The first kappa shape index (κ1) is 15.5. The molecule has 0 amide bonds. The Kier molecular flexibility index (Phi) is 4.02. The Morgan fingerprint density at radius 3 is 2.48 bits per heavy atom. The number of halogens is 3. The van der Waals surface area contributed by atoms with E-state index < -0.39 is 24.2 Å². The lowest BCUT2D eigenvalue weighted by Gasteiger charge is -2.25. The Balaban J connectivity index is 2.31. The number of nitrogens with two attached hydrogens (primary N) is 1. The van der Waals surface area contributed by atoms with Crippen molar-refractivity contribution in [1.82, 2.24) is 0 Å². The molecule has 0 heterocycles. The summed E-state index contributed by atoms with van der Waals surface area (Å²) in [5.41, 5.74) is 5.05. The third kappa shape index (κ3) is 3.22. The van der Waals surface area contributed by atoms with Crippen molar-refractivity contribution in [3.8, 4) is 5.75 Å². The molecule has 1 aromatic carbocycles. The monoisotopic (exact) mass is 303 g/mol. The van der Waals surface area contributed by atoms with Gasteiger partial charge in [0.1, 0.15) is 5.75 Å². The number of carboxylic acid groups (broad SMARTS) is 1. The Labute approximate surface area is 119 Å². The van der Waals surface area contributed by atoms with Crippen LogP contribution in [0.1, 0.15) is 31.2 Å². The number of nitrogen functional groups attached to an aromatic ring is 1. The van der Waals surface area contributed by atoms with Crippen molar-refractivity contribution in [2.24, 2.45) is 0 Å². The molecule has 0 aliphatic heterocycles. The van der Waals surface area contributed by atoms with Gasteiger partial charge in [0.15, 0.2) is 6.61 Å². The molecule has 0 spiro atoms. The van der Waals surface area contributed by atoms with Crippen LogP contribution in [-0.4, -0.2) is 23.9 Å². The SMILES string of the molecule is Nc1ccc(C2(C(=O)O)CCCC2)cc1OCC(F)(F)F. The van der Waals surface area contributed by atoms with Gasteiger partial charge in [0, 0.05) is 0 Å². The van der Waals surface area contributed by atoms with Crippen molar-refractivity contribution >= 4 is 11.7 Å².